The fourth-order valence-corrected chi connectivity index (χ4v) is 0. The van der Waals surface area contributed by atoms with Crippen molar-refractivity contribution in [3.63, 3.8) is 0 Å². The summed E-state index contributed by atoms with van der Waals surface area (Å²) in [6.07, 6.45) is -0.560. The van der Waals surface area contributed by atoms with E-state index in [4.69, 9.17) is 10.2 Å². The van der Waals surface area contributed by atoms with Crippen molar-refractivity contribution in [2.24, 2.45) is 0 Å². The second kappa shape index (κ2) is 23.0. The van der Waals surface area contributed by atoms with Gasteiger partial charge in [0.2, 0.25) is 0 Å². The summed E-state index contributed by atoms with van der Waals surface area (Å²) >= 11 is 0. The molecule has 0 heterocycles. The maximum atomic E-state index is 8.11. The molecule has 0 fully saturated rings. The molecule has 0 aromatic rings. The van der Waals surface area contributed by atoms with Crippen LogP contribution in [-0.2, 0) is 0 Å². The third-order valence-electron chi connectivity index (χ3n) is 0.264. The highest BCUT2D eigenvalue weighted by Crippen LogP contribution is 1.68. The van der Waals surface area contributed by atoms with Crippen molar-refractivity contribution in [3.05, 3.63) is 0 Å². The molecule has 0 bridgehead atoms. The number of halogens is 4. The summed E-state index contributed by atoms with van der Waals surface area (Å²) in [5, 5.41) is 16.0. The molecular weight excluding hydrogens is 210 g/mol. The maximum Gasteiger partial charge on any atom is 0.0742 e. The Kier molecular flexibility index (Phi) is 82.2. The second-order valence-electron chi connectivity index (χ2n) is 1.03. The summed E-state index contributed by atoms with van der Waals surface area (Å²) in [5.74, 6) is 0. The Balaban J connectivity index is -0.0000000133. The van der Waals surface area contributed by atoms with Gasteiger partial charge in [0.05, 0.1) is 12.7 Å². The second-order valence-corrected chi connectivity index (χ2v) is 1.03. The minimum absolute atomic E-state index is 0. The van der Waals surface area contributed by atoms with Gasteiger partial charge in [0.1, 0.15) is 0 Å². The molecule has 0 aliphatic heterocycles. The monoisotopic (exact) mass is 220 g/mol. The van der Waals surface area contributed by atoms with Crippen LogP contribution in [0, 0.1) is 0 Å². The van der Waals surface area contributed by atoms with Crippen molar-refractivity contribution >= 4 is 49.6 Å². The van der Waals surface area contributed by atoms with Crippen LogP contribution in [0.1, 0.15) is 6.92 Å². The van der Waals surface area contributed by atoms with Crippen LogP contribution in [0.25, 0.3) is 0 Å². The minimum atomic E-state index is -0.560. The largest absolute Gasteiger partial charge is 0.394 e. The Labute approximate surface area is 79.7 Å². The first-order chi connectivity index (χ1) is 2.27. The van der Waals surface area contributed by atoms with Gasteiger partial charge in [-0.1, -0.05) is 0 Å². The zero-order valence-electron chi connectivity index (χ0n) is 4.81. The first-order valence-corrected chi connectivity index (χ1v) is 1.56. The topological polar surface area (TPSA) is 40.5 Å². The fourth-order valence-electron chi connectivity index (χ4n) is 0. The van der Waals surface area contributed by atoms with Crippen LogP contribution < -0.4 is 0 Å². The summed E-state index contributed by atoms with van der Waals surface area (Å²) < 4.78 is 0. The third-order valence-corrected chi connectivity index (χ3v) is 0.264. The van der Waals surface area contributed by atoms with Crippen LogP contribution in [0.15, 0.2) is 0 Å². The molecule has 1 atom stereocenters. The molecule has 0 radical (unpaired) electrons. The van der Waals surface area contributed by atoms with E-state index in [1.807, 2.05) is 0 Å². The highest BCUT2D eigenvalue weighted by atomic mass is 35.5. The average molecular weight is 222 g/mol. The zero-order chi connectivity index (χ0) is 4.28. The van der Waals surface area contributed by atoms with Crippen LogP contribution in [0.4, 0.5) is 0 Å². The molecular formula is C3H12Cl4O2. The lowest BCUT2D eigenvalue weighted by molar-refractivity contribution is 0.110. The first-order valence-electron chi connectivity index (χ1n) is 1.56. The molecule has 2 N–H and O–H groups in total. The maximum absolute atomic E-state index is 8.11. The molecule has 0 aromatic heterocycles. The van der Waals surface area contributed by atoms with Gasteiger partial charge in [-0.25, -0.2) is 0 Å². The smallest absolute Gasteiger partial charge is 0.0742 e. The molecule has 0 aliphatic carbocycles. The van der Waals surface area contributed by atoms with E-state index in [0.717, 1.165) is 0 Å². The van der Waals surface area contributed by atoms with E-state index < -0.39 is 6.10 Å². The van der Waals surface area contributed by atoms with Crippen molar-refractivity contribution in [1.82, 2.24) is 0 Å². The first kappa shape index (κ1) is 32.2. The van der Waals surface area contributed by atoms with E-state index in [0.29, 0.717) is 0 Å². The van der Waals surface area contributed by atoms with E-state index in [-0.39, 0.29) is 56.2 Å². The predicted octanol–water partition coefficient (Wildman–Crippen LogP) is 1.05. The molecule has 6 heteroatoms. The Bertz CT molecular complexity index is 27.8. The number of aliphatic hydroxyl groups excluding tert-OH is 2. The van der Waals surface area contributed by atoms with Gasteiger partial charge in [0.25, 0.3) is 0 Å². The number of rotatable bonds is 1. The Morgan fingerprint density at radius 2 is 1.22 bits per heavy atom. The van der Waals surface area contributed by atoms with E-state index >= 15 is 0 Å². The van der Waals surface area contributed by atoms with Crippen LogP contribution in [0.3, 0.4) is 0 Å². The van der Waals surface area contributed by atoms with Gasteiger partial charge in [-0.05, 0) is 6.92 Å². The standard InChI is InChI=1S/C3H8O2.4ClH/c1-3(5)2-4;;;;/h3-5H,2H2,1H3;4*1H. The molecule has 64 valence electrons. The molecule has 0 aliphatic rings. The number of aliphatic hydroxyl groups is 2. The predicted molar refractivity (Wildman–Crippen MR) is 47.8 cm³/mol. The van der Waals surface area contributed by atoms with Crippen LogP contribution in [0.5, 0.6) is 0 Å². The Morgan fingerprint density at radius 3 is 1.22 bits per heavy atom. The molecule has 1 unspecified atom stereocenters. The molecule has 0 rings (SSSR count). The SMILES string of the molecule is CC(O)CO.Cl.Cl.Cl.Cl. The third kappa shape index (κ3) is 48.0. The van der Waals surface area contributed by atoms with E-state index in [9.17, 15) is 0 Å². The molecule has 0 saturated heterocycles. The van der Waals surface area contributed by atoms with Crippen LogP contribution in [-0.4, -0.2) is 22.9 Å². The van der Waals surface area contributed by atoms with Gasteiger partial charge in [0, 0.05) is 0 Å². The molecule has 0 saturated carbocycles. The van der Waals surface area contributed by atoms with Crippen molar-refractivity contribution in [1.29, 1.82) is 0 Å². The van der Waals surface area contributed by atoms with Crippen LogP contribution in [0.2, 0.25) is 0 Å². The zero-order valence-corrected chi connectivity index (χ0v) is 8.08. The molecule has 9 heavy (non-hydrogen) atoms. The van der Waals surface area contributed by atoms with Gasteiger partial charge in [-0.2, -0.15) is 0 Å². The molecule has 2 nitrogen and oxygen atoms in total. The van der Waals surface area contributed by atoms with Crippen molar-refractivity contribution in [2.45, 2.75) is 13.0 Å². The normalized spacial score (nSPS) is 8.33. The Morgan fingerprint density at radius 1 is 1.11 bits per heavy atom. The summed E-state index contributed by atoms with van der Waals surface area (Å²) in [7, 11) is 0. The summed E-state index contributed by atoms with van der Waals surface area (Å²) in [6, 6.07) is 0. The molecule has 0 spiro atoms. The lowest BCUT2D eigenvalue weighted by Crippen LogP contribution is -2.03. The quantitative estimate of drug-likeness (QED) is 0.695. The van der Waals surface area contributed by atoms with Gasteiger partial charge in [-0.15, -0.1) is 49.6 Å². The highest BCUT2D eigenvalue weighted by Gasteiger charge is 1.83. The lowest BCUT2D eigenvalue weighted by atomic mass is 10.5. The van der Waals surface area contributed by atoms with Gasteiger partial charge >= 0.3 is 0 Å². The molecule has 0 amide bonds. The van der Waals surface area contributed by atoms with Crippen molar-refractivity contribution in [2.75, 3.05) is 6.61 Å². The summed E-state index contributed by atoms with van der Waals surface area (Å²) in [5.41, 5.74) is 0. The number of hydrogen-bond donors (Lipinski definition) is 2. The van der Waals surface area contributed by atoms with Crippen LogP contribution >= 0.6 is 49.6 Å². The van der Waals surface area contributed by atoms with Crippen molar-refractivity contribution in [3.8, 4) is 0 Å². The van der Waals surface area contributed by atoms with E-state index in [2.05, 4.69) is 0 Å². The lowest BCUT2D eigenvalue weighted by Gasteiger charge is -1.90. The van der Waals surface area contributed by atoms with E-state index in [1.54, 1.807) is 0 Å². The summed E-state index contributed by atoms with van der Waals surface area (Å²) in [4.78, 5) is 0. The fraction of sp³-hybridized carbons (Fsp3) is 1.00. The highest BCUT2D eigenvalue weighted by molar-refractivity contribution is 5.86. The minimum Gasteiger partial charge on any atom is -0.394 e. The molecule has 0 aromatic carbocycles. The number of hydrogen-bond acceptors (Lipinski definition) is 2. The van der Waals surface area contributed by atoms with Gasteiger partial charge in [0.15, 0.2) is 0 Å². The summed E-state index contributed by atoms with van der Waals surface area (Å²) in [6.45, 7) is 1.39. The van der Waals surface area contributed by atoms with E-state index in [1.165, 1.54) is 6.92 Å². The average Bonchev–Trinajstić information content (AvgIpc) is 1.38. The van der Waals surface area contributed by atoms with Crippen molar-refractivity contribution < 1.29 is 10.2 Å². The Hall–Kier alpha value is 1.08. The van der Waals surface area contributed by atoms with Gasteiger partial charge in [-0.3, -0.25) is 0 Å². The van der Waals surface area contributed by atoms with Gasteiger partial charge < -0.3 is 10.2 Å².